The van der Waals surface area contributed by atoms with Crippen LogP contribution in [0.5, 0.6) is 0 Å². The summed E-state index contributed by atoms with van der Waals surface area (Å²) in [5.41, 5.74) is 4.15. The Morgan fingerprint density at radius 3 is 2.80 bits per heavy atom. The van der Waals surface area contributed by atoms with E-state index in [4.69, 9.17) is 0 Å². The SMILES string of the molecule is CC1=C(C2CC2C(C)C)C=C(C2=CNC(O)NC2=O)[NH2+]1. The van der Waals surface area contributed by atoms with Crippen LogP contribution in [0.2, 0.25) is 0 Å². The molecular formula is C15H22N3O2+. The number of carbonyl (C=O) groups excluding carboxylic acids is 1. The molecule has 1 aliphatic carbocycles. The average Bonchev–Trinajstić information content (AvgIpc) is 3.07. The van der Waals surface area contributed by atoms with Gasteiger partial charge in [0.15, 0.2) is 0 Å². The minimum atomic E-state index is -0.990. The lowest BCUT2D eigenvalue weighted by Gasteiger charge is -2.19. The molecule has 5 N–H and O–H groups in total. The highest BCUT2D eigenvalue weighted by Gasteiger charge is 2.44. The van der Waals surface area contributed by atoms with Crippen LogP contribution in [0.25, 0.3) is 0 Å². The summed E-state index contributed by atoms with van der Waals surface area (Å²) in [6, 6.07) is 0. The summed E-state index contributed by atoms with van der Waals surface area (Å²) in [5.74, 6) is 1.91. The molecule has 3 rings (SSSR count). The second-order valence-electron chi connectivity index (χ2n) is 6.23. The third-order valence-corrected chi connectivity index (χ3v) is 4.44. The van der Waals surface area contributed by atoms with Crippen molar-refractivity contribution in [2.24, 2.45) is 17.8 Å². The monoisotopic (exact) mass is 276 g/mol. The van der Waals surface area contributed by atoms with Crippen molar-refractivity contribution < 1.29 is 15.2 Å². The van der Waals surface area contributed by atoms with Crippen LogP contribution in [0.3, 0.4) is 0 Å². The lowest BCUT2D eigenvalue weighted by molar-refractivity contribution is -0.547. The fourth-order valence-electron chi connectivity index (χ4n) is 3.19. The predicted molar refractivity (Wildman–Crippen MR) is 74.5 cm³/mol. The summed E-state index contributed by atoms with van der Waals surface area (Å²) >= 11 is 0. The first kappa shape index (κ1) is 13.4. The Hall–Kier alpha value is -1.59. The van der Waals surface area contributed by atoms with Crippen molar-refractivity contribution in [2.75, 3.05) is 0 Å². The predicted octanol–water partition coefficient (Wildman–Crippen LogP) is -0.107. The Morgan fingerprint density at radius 1 is 1.45 bits per heavy atom. The lowest BCUT2D eigenvalue weighted by Crippen LogP contribution is -2.79. The Balaban J connectivity index is 1.77. The molecule has 20 heavy (non-hydrogen) atoms. The van der Waals surface area contributed by atoms with Gasteiger partial charge in [-0.3, -0.25) is 10.1 Å². The highest BCUT2D eigenvalue weighted by Crippen LogP contribution is 2.50. The largest absolute Gasteiger partial charge is 0.356 e. The number of quaternary nitrogens is 1. The molecule has 1 amide bonds. The van der Waals surface area contributed by atoms with Crippen LogP contribution in [0.4, 0.5) is 0 Å². The number of hydrogen-bond donors (Lipinski definition) is 4. The van der Waals surface area contributed by atoms with E-state index in [9.17, 15) is 9.90 Å². The zero-order valence-corrected chi connectivity index (χ0v) is 12.1. The van der Waals surface area contributed by atoms with Crippen molar-refractivity contribution in [1.82, 2.24) is 10.6 Å². The molecule has 1 fully saturated rings. The summed E-state index contributed by atoms with van der Waals surface area (Å²) < 4.78 is 0. The third-order valence-electron chi connectivity index (χ3n) is 4.44. The van der Waals surface area contributed by atoms with Crippen molar-refractivity contribution in [1.29, 1.82) is 0 Å². The Morgan fingerprint density at radius 2 is 2.20 bits per heavy atom. The number of amides is 1. The number of hydrogen-bond acceptors (Lipinski definition) is 3. The molecule has 0 spiro atoms. The van der Waals surface area contributed by atoms with Crippen molar-refractivity contribution in [2.45, 2.75) is 33.5 Å². The average molecular weight is 276 g/mol. The number of nitrogens with one attached hydrogen (secondary N) is 2. The molecule has 3 aliphatic rings. The number of nitrogens with two attached hydrogens (primary N) is 1. The zero-order valence-electron chi connectivity index (χ0n) is 12.1. The second kappa shape index (κ2) is 4.75. The summed E-state index contributed by atoms with van der Waals surface area (Å²) in [6.45, 7) is 6.65. The van der Waals surface area contributed by atoms with E-state index in [-0.39, 0.29) is 5.91 Å². The number of aliphatic hydroxyl groups excluding tert-OH is 1. The fourth-order valence-corrected chi connectivity index (χ4v) is 3.19. The molecule has 0 saturated heterocycles. The van der Waals surface area contributed by atoms with Gasteiger partial charge in [0.2, 0.25) is 6.35 Å². The molecule has 0 bridgehead atoms. The Bertz CT molecular complexity index is 545. The van der Waals surface area contributed by atoms with Crippen LogP contribution in [0.1, 0.15) is 27.2 Å². The van der Waals surface area contributed by atoms with E-state index in [0.29, 0.717) is 17.4 Å². The van der Waals surface area contributed by atoms with E-state index in [1.165, 1.54) is 17.7 Å². The van der Waals surface area contributed by atoms with E-state index < -0.39 is 6.35 Å². The fraction of sp³-hybridized carbons (Fsp3) is 0.533. The van der Waals surface area contributed by atoms with Crippen molar-refractivity contribution in [3.05, 3.63) is 34.8 Å². The van der Waals surface area contributed by atoms with Crippen molar-refractivity contribution in [3.8, 4) is 0 Å². The number of carbonyl (C=O) groups is 1. The van der Waals surface area contributed by atoms with Crippen LogP contribution in [0, 0.1) is 17.8 Å². The van der Waals surface area contributed by atoms with E-state index in [2.05, 4.69) is 42.8 Å². The smallest absolute Gasteiger partial charge is 0.262 e. The molecule has 0 aromatic carbocycles. The molecule has 3 unspecified atom stereocenters. The normalized spacial score (nSPS) is 32.9. The number of allylic oxidation sites excluding steroid dienone is 3. The lowest BCUT2D eigenvalue weighted by atomic mass is 10.0. The molecular weight excluding hydrogens is 254 g/mol. The quantitative estimate of drug-likeness (QED) is 0.581. The summed E-state index contributed by atoms with van der Waals surface area (Å²) in [5, 5.41) is 16.6. The summed E-state index contributed by atoms with van der Waals surface area (Å²) in [4.78, 5) is 11.9. The van der Waals surface area contributed by atoms with Gasteiger partial charge in [0.25, 0.3) is 5.91 Å². The van der Waals surface area contributed by atoms with Gasteiger partial charge >= 0.3 is 0 Å². The maximum atomic E-state index is 11.9. The van der Waals surface area contributed by atoms with Crippen molar-refractivity contribution >= 4 is 5.91 Å². The molecule has 2 heterocycles. The molecule has 5 nitrogen and oxygen atoms in total. The van der Waals surface area contributed by atoms with Crippen LogP contribution in [-0.2, 0) is 4.79 Å². The second-order valence-corrected chi connectivity index (χ2v) is 6.23. The van der Waals surface area contributed by atoms with Gasteiger partial charge in [-0.2, -0.15) is 0 Å². The minimum Gasteiger partial charge on any atom is -0.356 e. The zero-order chi connectivity index (χ0) is 14.4. The standard InChI is InChI=1S/C15H21N3O2/c1-7(2)9-4-11(9)10-5-13(17-8(10)3)12-6-16-15(20)18-14(12)19/h5-7,9,11,15-17,20H,4H2,1-3H3,(H,18,19)/p+1. The molecule has 0 aromatic heterocycles. The van der Waals surface area contributed by atoms with Gasteiger partial charge in [-0.1, -0.05) is 13.8 Å². The molecule has 108 valence electrons. The van der Waals surface area contributed by atoms with Gasteiger partial charge in [-0.05, 0) is 24.2 Å². The highest BCUT2D eigenvalue weighted by atomic mass is 16.3. The van der Waals surface area contributed by atoms with Crippen LogP contribution in [0.15, 0.2) is 34.8 Å². The first-order valence-electron chi connectivity index (χ1n) is 7.20. The van der Waals surface area contributed by atoms with Crippen LogP contribution in [-0.4, -0.2) is 17.4 Å². The van der Waals surface area contributed by atoms with Crippen molar-refractivity contribution in [3.63, 3.8) is 0 Å². The Kier molecular flexibility index (Phi) is 3.18. The number of rotatable bonds is 3. The highest BCUT2D eigenvalue weighted by molar-refractivity contribution is 5.97. The van der Waals surface area contributed by atoms with Gasteiger partial charge in [0.1, 0.15) is 17.0 Å². The van der Waals surface area contributed by atoms with Gasteiger partial charge in [0, 0.05) is 24.8 Å². The van der Waals surface area contributed by atoms with Gasteiger partial charge in [-0.15, -0.1) is 0 Å². The minimum absolute atomic E-state index is 0.232. The summed E-state index contributed by atoms with van der Waals surface area (Å²) in [7, 11) is 0. The van der Waals surface area contributed by atoms with Gasteiger partial charge in [-0.25, -0.2) is 0 Å². The van der Waals surface area contributed by atoms with Crippen LogP contribution >= 0.6 is 0 Å². The van der Waals surface area contributed by atoms with Crippen LogP contribution < -0.4 is 16.0 Å². The molecule has 1 saturated carbocycles. The summed E-state index contributed by atoms with van der Waals surface area (Å²) in [6.07, 6.45) is 3.99. The maximum absolute atomic E-state index is 11.9. The first-order valence-corrected chi connectivity index (χ1v) is 7.20. The topological polar surface area (TPSA) is 78.0 Å². The Labute approximate surface area is 118 Å². The first-order chi connectivity index (χ1) is 9.47. The van der Waals surface area contributed by atoms with E-state index in [0.717, 1.165) is 11.6 Å². The molecule has 5 heteroatoms. The van der Waals surface area contributed by atoms with E-state index >= 15 is 0 Å². The van der Waals surface area contributed by atoms with E-state index in [1.807, 2.05) is 0 Å². The third kappa shape index (κ3) is 2.27. The van der Waals surface area contributed by atoms with Gasteiger partial charge < -0.3 is 15.7 Å². The molecule has 3 atom stereocenters. The van der Waals surface area contributed by atoms with Gasteiger partial charge in [0.05, 0.1) is 0 Å². The van der Waals surface area contributed by atoms with E-state index in [1.54, 1.807) is 6.20 Å². The maximum Gasteiger partial charge on any atom is 0.262 e. The molecule has 0 radical (unpaired) electrons. The molecule has 0 aromatic rings. The number of aliphatic hydroxyl groups is 1. The molecule has 2 aliphatic heterocycles.